The van der Waals surface area contributed by atoms with E-state index in [0.717, 1.165) is 0 Å². The van der Waals surface area contributed by atoms with Gasteiger partial charge >= 0.3 is 11.9 Å². The number of carboxylic acids is 2. The zero-order valence-electron chi connectivity index (χ0n) is 16.7. The molecular weight excluding hydrogens is 356 g/mol. The molecule has 0 saturated heterocycles. The second-order valence-corrected chi connectivity index (χ2v) is 7.49. The number of carboxylic acid groups (broad SMARTS) is 2. The van der Waals surface area contributed by atoms with Gasteiger partial charge in [0.2, 0.25) is 11.8 Å². The third-order valence-corrected chi connectivity index (χ3v) is 4.64. The van der Waals surface area contributed by atoms with E-state index in [0.29, 0.717) is 6.42 Å². The summed E-state index contributed by atoms with van der Waals surface area (Å²) < 4.78 is 0. The van der Waals surface area contributed by atoms with E-state index < -0.39 is 59.7 Å². The lowest BCUT2D eigenvalue weighted by Crippen LogP contribution is -2.57. The number of nitrogens with one attached hydrogen (secondary N) is 2. The van der Waals surface area contributed by atoms with Crippen LogP contribution in [0.3, 0.4) is 0 Å². The number of aliphatic carboxylic acids is 2. The van der Waals surface area contributed by atoms with E-state index in [2.05, 4.69) is 10.6 Å². The molecule has 0 aromatic carbocycles. The number of hydrogen-bond acceptors (Lipinski definition) is 5. The summed E-state index contributed by atoms with van der Waals surface area (Å²) in [6, 6.07) is -2.23. The molecule has 0 bridgehead atoms. The quantitative estimate of drug-likeness (QED) is 0.344. The highest BCUT2D eigenvalue weighted by Crippen LogP contribution is 2.17. The first-order valence-electron chi connectivity index (χ1n) is 9.09. The summed E-state index contributed by atoms with van der Waals surface area (Å²) >= 11 is 0. The molecule has 156 valence electrons. The maximum atomic E-state index is 12.5. The van der Waals surface area contributed by atoms with Gasteiger partial charge in [-0.25, -0.2) is 4.79 Å². The van der Waals surface area contributed by atoms with Crippen molar-refractivity contribution in [2.75, 3.05) is 0 Å². The van der Waals surface area contributed by atoms with Crippen molar-refractivity contribution in [3.05, 3.63) is 0 Å². The Bertz CT molecular complexity index is 548. The Labute approximate surface area is 159 Å². The summed E-state index contributed by atoms with van der Waals surface area (Å²) in [4.78, 5) is 47.5. The van der Waals surface area contributed by atoms with Crippen molar-refractivity contribution in [1.29, 1.82) is 0 Å². The number of aliphatic hydroxyl groups excluding tert-OH is 1. The van der Waals surface area contributed by atoms with Crippen molar-refractivity contribution in [2.24, 2.45) is 23.7 Å². The summed E-state index contributed by atoms with van der Waals surface area (Å²) in [5.74, 6) is -6.75. The Kier molecular flexibility index (Phi) is 9.99. The molecule has 0 unspecified atom stereocenters. The van der Waals surface area contributed by atoms with Crippen molar-refractivity contribution in [3.63, 3.8) is 0 Å². The highest BCUT2D eigenvalue weighted by molar-refractivity contribution is 5.93. The fourth-order valence-corrected chi connectivity index (χ4v) is 2.65. The van der Waals surface area contributed by atoms with Crippen LogP contribution in [0.1, 0.15) is 48.0 Å². The fraction of sp³-hybridized carbons (Fsp3) is 0.778. The first-order valence-corrected chi connectivity index (χ1v) is 9.09. The number of aliphatic hydroxyl groups is 1. The normalized spacial score (nSPS) is 16.9. The van der Waals surface area contributed by atoms with Gasteiger partial charge in [0, 0.05) is 0 Å². The maximum absolute atomic E-state index is 12.5. The summed E-state index contributed by atoms with van der Waals surface area (Å²) in [5.41, 5.74) is 0. The SMILES string of the molecule is CC[C@H](C)[C@H](NC(=O)[C@@H](NC(=O)[C@H](O)[C@@H](C(=O)O)C(C)C)C(C)C)C(=O)O. The average molecular weight is 388 g/mol. The minimum atomic E-state index is -1.83. The Morgan fingerprint density at radius 3 is 1.59 bits per heavy atom. The molecule has 9 nitrogen and oxygen atoms in total. The van der Waals surface area contributed by atoms with Crippen molar-refractivity contribution < 1.29 is 34.5 Å². The van der Waals surface area contributed by atoms with Crippen LogP contribution in [0.5, 0.6) is 0 Å². The van der Waals surface area contributed by atoms with Gasteiger partial charge in [-0.2, -0.15) is 0 Å². The van der Waals surface area contributed by atoms with E-state index in [1.54, 1.807) is 41.5 Å². The van der Waals surface area contributed by atoms with Gasteiger partial charge in [0.1, 0.15) is 18.2 Å². The molecule has 0 aliphatic carbocycles. The molecule has 0 fully saturated rings. The molecule has 0 aliphatic rings. The molecule has 0 spiro atoms. The van der Waals surface area contributed by atoms with Crippen LogP contribution in [0, 0.1) is 23.7 Å². The van der Waals surface area contributed by atoms with Gasteiger partial charge in [0.05, 0.1) is 5.92 Å². The van der Waals surface area contributed by atoms with Gasteiger partial charge in [-0.05, 0) is 17.8 Å². The van der Waals surface area contributed by atoms with E-state index in [4.69, 9.17) is 0 Å². The van der Waals surface area contributed by atoms with Gasteiger partial charge in [-0.15, -0.1) is 0 Å². The second-order valence-electron chi connectivity index (χ2n) is 7.49. The fourth-order valence-electron chi connectivity index (χ4n) is 2.65. The largest absolute Gasteiger partial charge is 0.481 e. The summed E-state index contributed by atoms with van der Waals surface area (Å²) in [7, 11) is 0. The van der Waals surface area contributed by atoms with Crippen molar-refractivity contribution in [3.8, 4) is 0 Å². The van der Waals surface area contributed by atoms with Crippen LogP contribution in [-0.4, -0.2) is 57.3 Å². The summed E-state index contributed by atoms with van der Waals surface area (Å²) in [6.07, 6.45) is -1.30. The molecule has 0 saturated carbocycles. The maximum Gasteiger partial charge on any atom is 0.326 e. The van der Waals surface area contributed by atoms with E-state index >= 15 is 0 Å². The van der Waals surface area contributed by atoms with Crippen LogP contribution < -0.4 is 10.6 Å². The van der Waals surface area contributed by atoms with Crippen LogP contribution in [0.15, 0.2) is 0 Å². The van der Waals surface area contributed by atoms with Gasteiger partial charge < -0.3 is 26.0 Å². The Balaban J connectivity index is 5.33. The highest BCUT2D eigenvalue weighted by atomic mass is 16.4. The van der Waals surface area contributed by atoms with Crippen LogP contribution in [0.25, 0.3) is 0 Å². The molecule has 0 rings (SSSR count). The van der Waals surface area contributed by atoms with Gasteiger partial charge in [0.25, 0.3) is 0 Å². The molecule has 2 amide bonds. The molecule has 9 heteroatoms. The Morgan fingerprint density at radius 1 is 0.778 bits per heavy atom. The predicted octanol–water partition coefficient (Wildman–Crippen LogP) is 0.460. The first kappa shape index (κ1) is 24.8. The zero-order chi connectivity index (χ0) is 21.5. The minimum Gasteiger partial charge on any atom is -0.481 e. The lowest BCUT2D eigenvalue weighted by molar-refractivity contribution is -0.154. The topological polar surface area (TPSA) is 153 Å². The monoisotopic (exact) mass is 388 g/mol. The van der Waals surface area contributed by atoms with E-state index in [1.807, 2.05) is 0 Å². The second kappa shape index (κ2) is 10.9. The van der Waals surface area contributed by atoms with Gasteiger partial charge in [0.15, 0.2) is 0 Å². The van der Waals surface area contributed by atoms with Gasteiger partial charge in [-0.1, -0.05) is 48.0 Å². The van der Waals surface area contributed by atoms with Gasteiger partial charge in [-0.3, -0.25) is 14.4 Å². The molecule has 0 aromatic rings. The average Bonchev–Trinajstić information content (AvgIpc) is 2.54. The molecular formula is C18H32N2O7. The number of rotatable bonds is 11. The minimum absolute atomic E-state index is 0.321. The van der Waals surface area contributed by atoms with Crippen LogP contribution in [-0.2, 0) is 19.2 Å². The first-order chi connectivity index (χ1) is 12.3. The van der Waals surface area contributed by atoms with Crippen LogP contribution in [0.2, 0.25) is 0 Å². The third kappa shape index (κ3) is 7.16. The van der Waals surface area contributed by atoms with Crippen molar-refractivity contribution in [1.82, 2.24) is 10.6 Å². The molecule has 27 heavy (non-hydrogen) atoms. The molecule has 0 aliphatic heterocycles. The lowest BCUT2D eigenvalue weighted by Gasteiger charge is -2.28. The van der Waals surface area contributed by atoms with E-state index in [1.165, 1.54) is 0 Å². The molecule has 0 aromatic heterocycles. The van der Waals surface area contributed by atoms with E-state index in [-0.39, 0.29) is 5.92 Å². The zero-order valence-corrected chi connectivity index (χ0v) is 16.7. The van der Waals surface area contributed by atoms with Crippen LogP contribution in [0.4, 0.5) is 0 Å². The standard InChI is InChI=1S/C18H32N2O7/c1-7-10(6)13(18(26)27)20-15(22)12(9(4)5)19-16(23)14(21)11(8(2)3)17(24)25/h8-14,21H,7H2,1-6H3,(H,19,23)(H,20,22)(H,24,25)(H,26,27)/t10-,11-,12-,13-,14+/m0/s1. The predicted molar refractivity (Wildman–Crippen MR) is 97.8 cm³/mol. The van der Waals surface area contributed by atoms with Crippen LogP contribution >= 0.6 is 0 Å². The summed E-state index contributed by atoms with van der Waals surface area (Å²) in [6.45, 7) is 9.89. The lowest BCUT2D eigenvalue weighted by atomic mass is 9.89. The molecule has 5 N–H and O–H groups in total. The van der Waals surface area contributed by atoms with E-state index in [9.17, 15) is 34.5 Å². The number of amides is 2. The number of carbonyl (C=O) groups is 4. The Morgan fingerprint density at radius 2 is 1.26 bits per heavy atom. The van der Waals surface area contributed by atoms with Crippen molar-refractivity contribution >= 4 is 23.8 Å². The Hall–Kier alpha value is -2.16. The third-order valence-electron chi connectivity index (χ3n) is 4.64. The molecule has 0 radical (unpaired) electrons. The highest BCUT2D eigenvalue weighted by Gasteiger charge is 2.37. The number of hydrogen-bond donors (Lipinski definition) is 5. The van der Waals surface area contributed by atoms with Crippen molar-refractivity contribution in [2.45, 2.75) is 66.2 Å². The summed E-state index contributed by atoms with van der Waals surface area (Å²) in [5, 5.41) is 33.4. The number of carbonyl (C=O) groups excluding carboxylic acids is 2. The molecule has 0 heterocycles. The smallest absolute Gasteiger partial charge is 0.326 e. The molecule has 5 atom stereocenters.